The summed E-state index contributed by atoms with van der Waals surface area (Å²) in [6.07, 6.45) is 0. The molecule has 2 N–H and O–H groups in total. The van der Waals surface area contributed by atoms with Crippen LogP contribution in [0, 0.1) is 6.92 Å². The van der Waals surface area contributed by atoms with E-state index in [2.05, 4.69) is 15.9 Å². The molecule has 0 aliphatic carbocycles. The van der Waals surface area contributed by atoms with Crippen molar-refractivity contribution >= 4 is 26.9 Å². The van der Waals surface area contributed by atoms with Crippen LogP contribution in [0.5, 0.6) is 0 Å². The molecule has 2 aromatic rings. The zero-order chi connectivity index (χ0) is 9.42. The molecule has 13 heavy (non-hydrogen) atoms. The minimum atomic E-state index is 0.451. The molecular formula is C10H10BrNO. The summed E-state index contributed by atoms with van der Waals surface area (Å²) in [6, 6.07) is 6.00. The van der Waals surface area contributed by atoms with Crippen LogP contribution in [0.3, 0.4) is 0 Å². The van der Waals surface area contributed by atoms with Crippen LogP contribution in [0.2, 0.25) is 0 Å². The second-order valence-corrected chi connectivity index (χ2v) is 3.83. The molecule has 2 nitrogen and oxygen atoms in total. The average molecular weight is 240 g/mol. The fraction of sp³-hybridized carbons (Fsp3) is 0.200. The molecule has 0 aliphatic heterocycles. The van der Waals surface area contributed by atoms with Gasteiger partial charge in [-0.2, -0.15) is 0 Å². The maximum absolute atomic E-state index is 5.61. The molecule has 2 rings (SSSR count). The molecule has 3 heteroatoms. The maximum atomic E-state index is 5.61. The molecule has 0 spiro atoms. The topological polar surface area (TPSA) is 39.2 Å². The van der Waals surface area contributed by atoms with Crippen molar-refractivity contribution in [3.8, 4) is 0 Å². The van der Waals surface area contributed by atoms with Crippen molar-refractivity contribution in [2.24, 2.45) is 5.73 Å². The van der Waals surface area contributed by atoms with Gasteiger partial charge in [-0.1, -0.05) is 12.1 Å². The molecule has 1 aromatic carbocycles. The highest BCUT2D eigenvalue weighted by molar-refractivity contribution is 9.10. The number of nitrogens with two attached hydrogens (primary N) is 1. The summed E-state index contributed by atoms with van der Waals surface area (Å²) in [5.41, 5.74) is 7.58. The molecule has 0 fully saturated rings. The van der Waals surface area contributed by atoms with Gasteiger partial charge in [0, 0.05) is 5.39 Å². The van der Waals surface area contributed by atoms with Gasteiger partial charge in [-0.15, -0.1) is 0 Å². The Morgan fingerprint density at radius 1 is 1.46 bits per heavy atom. The van der Waals surface area contributed by atoms with E-state index in [1.807, 2.05) is 25.1 Å². The second-order valence-electron chi connectivity index (χ2n) is 2.97. The number of benzene rings is 1. The molecule has 0 saturated carbocycles. The Balaban J connectivity index is 2.83. The van der Waals surface area contributed by atoms with Gasteiger partial charge in [0.1, 0.15) is 11.3 Å². The predicted molar refractivity (Wildman–Crippen MR) is 56.5 cm³/mol. The van der Waals surface area contributed by atoms with Gasteiger partial charge < -0.3 is 10.2 Å². The van der Waals surface area contributed by atoms with E-state index in [1.54, 1.807) is 0 Å². The van der Waals surface area contributed by atoms with E-state index in [0.29, 0.717) is 6.54 Å². The number of furan rings is 1. The normalized spacial score (nSPS) is 11.0. The average Bonchev–Trinajstić information content (AvgIpc) is 2.45. The van der Waals surface area contributed by atoms with Crippen LogP contribution in [0.15, 0.2) is 27.1 Å². The van der Waals surface area contributed by atoms with Crippen molar-refractivity contribution < 1.29 is 4.42 Å². The zero-order valence-electron chi connectivity index (χ0n) is 7.30. The number of aryl methyl sites for hydroxylation is 1. The van der Waals surface area contributed by atoms with Gasteiger partial charge in [0.15, 0.2) is 0 Å². The molecule has 0 saturated heterocycles. The molecule has 0 amide bonds. The van der Waals surface area contributed by atoms with Crippen molar-refractivity contribution in [3.05, 3.63) is 34.0 Å². The molecule has 0 atom stereocenters. The Labute approximate surface area is 84.8 Å². The van der Waals surface area contributed by atoms with Crippen molar-refractivity contribution in [3.63, 3.8) is 0 Å². The van der Waals surface area contributed by atoms with Gasteiger partial charge in [0.05, 0.1) is 11.0 Å². The third-order valence-corrected chi connectivity index (χ3v) is 2.82. The number of rotatable bonds is 1. The van der Waals surface area contributed by atoms with E-state index in [0.717, 1.165) is 26.8 Å². The monoisotopic (exact) mass is 239 g/mol. The summed E-state index contributed by atoms with van der Waals surface area (Å²) in [6.45, 7) is 2.48. The van der Waals surface area contributed by atoms with Gasteiger partial charge in [-0.3, -0.25) is 0 Å². The van der Waals surface area contributed by atoms with E-state index in [4.69, 9.17) is 10.2 Å². The standard InChI is InChI=1S/C10H10BrNO/c1-6-7-3-2-4-8(11)10(7)13-9(6)5-12/h2-4H,5,12H2,1H3. The summed E-state index contributed by atoms with van der Waals surface area (Å²) >= 11 is 3.44. The van der Waals surface area contributed by atoms with Crippen LogP contribution in [-0.4, -0.2) is 0 Å². The fourth-order valence-electron chi connectivity index (χ4n) is 1.45. The number of hydrogen-bond acceptors (Lipinski definition) is 2. The predicted octanol–water partition coefficient (Wildman–Crippen LogP) is 2.96. The largest absolute Gasteiger partial charge is 0.458 e. The van der Waals surface area contributed by atoms with Crippen molar-refractivity contribution in [2.45, 2.75) is 13.5 Å². The summed E-state index contributed by atoms with van der Waals surface area (Å²) in [4.78, 5) is 0. The van der Waals surface area contributed by atoms with Crippen LogP contribution in [0.1, 0.15) is 11.3 Å². The first-order valence-corrected chi connectivity index (χ1v) is 4.90. The molecule has 0 radical (unpaired) electrons. The Bertz CT molecular complexity index is 447. The number of halogens is 1. The van der Waals surface area contributed by atoms with E-state index >= 15 is 0 Å². The van der Waals surface area contributed by atoms with Crippen LogP contribution in [0.4, 0.5) is 0 Å². The van der Waals surface area contributed by atoms with Crippen molar-refractivity contribution in [1.29, 1.82) is 0 Å². The van der Waals surface area contributed by atoms with Crippen molar-refractivity contribution in [2.75, 3.05) is 0 Å². The van der Waals surface area contributed by atoms with Crippen LogP contribution >= 0.6 is 15.9 Å². The second kappa shape index (κ2) is 3.16. The van der Waals surface area contributed by atoms with Crippen LogP contribution < -0.4 is 5.73 Å². The highest BCUT2D eigenvalue weighted by Crippen LogP contribution is 2.30. The molecule has 1 heterocycles. The molecular weight excluding hydrogens is 230 g/mol. The van der Waals surface area contributed by atoms with E-state index < -0.39 is 0 Å². The lowest BCUT2D eigenvalue weighted by Crippen LogP contribution is -1.95. The Kier molecular flexibility index (Phi) is 2.14. The van der Waals surface area contributed by atoms with Gasteiger partial charge in [-0.05, 0) is 34.5 Å². The quantitative estimate of drug-likeness (QED) is 0.832. The highest BCUT2D eigenvalue weighted by atomic mass is 79.9. The van der Waals surface area contributed by atoms with Crippen LogP contribution in [-0.2, 0) is 6.54 Å². The van der Waals surface area contributed by atoms with Gasteiger partial charge in [-0.25, -0.2) is 0 Å². The third-order valence-electron chi connectivity index (χ3n) is 2.20. The van der Waals surface area contributed by atoms with Gasteiger partial charge >= 0.3 is 0 Å². The lowest BCUT2D eigenvalue weighted by Gasteiger charge is -1.90. The van der Waals surface area contributed by atoms with Crippen LogP contribution in [0.25, 0.3) is 11.0 Å². The smallest absolute Gasteiger partial charge is 0.148 e. The Morgan fingerprint density at radius 2 is 2.23 bits per heavy atom. The fourth-order valence-corrected chi connectivity index (χ4v) is 1.90. The lowest BCUT2D eigenvalue weighted by molar-refractivity contribution is 0.547. The molecule has 0 unspecified atom stereocenters. The van der Waals surface area contributed by atoms with Crippen molar-refractivity contribution in [1.82, 2.24) is 0 Å². The Hall–Kier alpha value is -0.800. The first kappa shape index (κ1) is 8.78. The maximum Gasteiger partial charge on any atom is 0.148 e. The zero-order valence-corrected chi connectivity index (χ0v) is 8.89. The van der Waals surface area contributed by atoms with E-state index in [-0.39, 0.29) is 0 Å². The summed E-state index contributed by atoms with van der Waals surface area (Å²) in [5, 5.41) is 1.13. The molecule has 1 aromatic heterocycles. The van der Waals surface area contributed by atoms with Gasteiger partial charge in [0.2, 0.25) is 0 Å². The molecule has 0 bridgehead atoms. The number of para-hydroxylation sites is 1. The van der Waals surface area contributed by atoms with E-state index in [1.165, 1.54) is 0 Å². The molecule has 0 aliphatic rings. The van der Waals surface area contributed by atoms with Gasteiger partial charge in [0.25, 0.3) is 0 Å². The van der Waals surface area contributed by atoms with E-state index in [9.17, 15) is 0 Å². The summed E-state index contributed by atoms with van der Waals surface area (Å²) < 4.78 is 6.59. The third kappa shape index (κ3) is 1.28. The SMILES string of the molecule is Cc1c(CN)oc2c(Br)cccc12. The minimum absolute atomic E-state index is 0.451. The number of hydrogen-bond donors (Lipinski definition) is 1. The lowest BCUT2D eigenvalue weighted by atomic mass is 10.1. The Morgan fingerprint density at radius 3 is 2.85 bits per heavy atom. The first-order chi connectivity index (χ1) is 6.24. The molecule has 68 valence electrons. The summed E-state index contributed by atoms with van der Waals surface area (Å²) in [5.74, 6) is 0.863. The minimum Gasteiger partial charge on any atom is -0.458 e. The first-order valence-electron chi connectivity index (χ1n) is 4.10. The summed E-state index contributed by atoms with van der Waals surface area (Å²) in [7, 11) is 0. The number of fused-ring (bicyclic) bond motifs is 1. The highest BCUT2D eigenvalue weighted by Gasteiger charge is 2.10.